The molecular formula is C31H41ClN4O3. The molecule has 1 fully saturated rings. The van der Waals surface area contributed by atoms with Gasteiger partial charge in [0.1, 0.15) is 35.9 Å². The van der Waals surface area contributed by atoms with Gasteiger partial charge in [0.15, 0.2) is 0 Å². The molecular weight excluding hydrogens is 512 g/mol. The summed E-state index contributed by atoms with van der Waals surface area (Å²) in [5.41, 5.74) is 5.18. The number of carbonyl (C=O) groups is 1. The van der Waals surface area contributed by atoms with Crippen LogP contribution in [0.25, 0.3) is 0 Å². The van der Waals surface area contributed by atoms with Crippen molar-refractivity contribution in [3.8, 4) is 11.5 Å². The number of benzene rings is 2. The molecule has 2 aliphatic heterocycles. The number of ketones is 1. The number of aliphatic imine (C=N–C) groups is 1. The first-order valence-electron chi connectivity index (χ1n) is 13.8. The Bertz CT molecular complexity index is 1250. The van der Waals surface area contributed by atoms with Crippen LogP contribution >= 0.6 is 11.6 Å². The van der Waals surface area contributed by atoms with Crippen LogP contribution in [0.2, 0.25) is 5.02 Å². The molecule has 8 heteroatoms. The van der Waals surface area contributed by atoms with Crippen molar-refractivity contribution < 1.29 is 14.3 Å². The fraction of sp³-hybridized carbons (Fsp3) is 0.484. The Balaban J connectivity index is 1.63. The maximum absolute atomic E-state index is 12.0. The summed E-state index contributed by atoms with van der Waals surface area (Å²) >= 11 is 6.65. The molecule has 0 aliphatic carbocycles. The highest BCUT2D eigenvalue weighted by molar-refractivity contribution is 6.34. The molecule has 4 rings (SSSR count). The zero-order valence-corrected chi connectivity index (χ0v) is 24.8. The molecule has 210 valence electrons. The van der Waals surface area contributed by atoms with Crippen LogP contribution in [0.4, 0.5) is 0 Å². The van der Waals surface area contributed by atoms with Gasteiger partial charge in [-0.2, -0.15) is 0 Å². The van der Waals surface area contributed by atoms with Crippen LogP contribution in [0, 0.1) is 6.92 Å². The molecule has 2 aromatic carbocycles. The highest BCUT2D eigenvalue weighted by atomic mass is 35.5. The molecule has 0 amide bonds. The number of nitrogens with one attached hydrogen (secondary N) is 1. The zero-order valence-electron chi connectivity index (χ0n) is 24.0. The van der Waals surface area contributed by atoms with Gasteiger partial charge in [-0.05, 0) is 49.1 Å². The van der Waals surface area contributed by atoms with Crippen molar-refractivity contribution in [2.24, 2.45) is 4.99 Å². The van der Waals surface area contributed by atoms with Crippen molar-refractivity contribution >= 4 is 23.2 Å². The van der Waals surface area contributed by atoms with Crippen molar-refractivity contribution in [3.63, 3.8) is 0 Å². The van der Waals surface area contributed by atoms with Crippen LogP contribution in [0.15, 0.2) is 52.7 Å². The van der Waals surface area contributed by atoms with E-state index in [1.807, 2.05) is 25.1 Å². The normalized spacial score (nSPS) is 18.7. The van der Waals surface area contributed by atoms with E-state index in [0.717, 1.165) is 54.3 Å². The Morgan fingerprint density at radius 2 is 1.87 bits per heavy atom. The number of carbonyl (C=O) groups excluding carboxylic acids is 1. The SMILES string of the molecule is CCC(=O)CN1CCN(C2N=C(c3c(Cl)cccc3OC)NC(C)=C2COc2cc(C(C)C)ccc2C)CC1. The molecule has 1 atom stereocenters. The van der Waals surface area contributed by atoms with Crippen molar-refractivity contribution in [2.45, 2.75) is 53.1 Å². The Hall–Kier alpha value is -2.87. The van der Waals surface area contributed by atoms with E-state index in [1.165, 1.54) is 5.56 Å². The van der Waals surface area contributed by atoms with Crippen LogP contribution in [0.3, 0.4) is 0 Å². The molecule has 0 aromatic heterocycles. The van der Waals surface area contributed by atoms with Gasteiger partial charge in [-0.15, -0.1) is 0 Å². The van der Waals surface area contributed by atoms with Gasteiger partial charge in [0, 0.05) is 43.9 Å². The second-order valence-electron chi connectivity index (χ2n) is 10.6. The molecule has 1 N–H and O–H groups in total. The number of halogens is 1. The van der Waals surface area contributed by atoms with Crippen molar-refractivity contribution in [3.05, 3.63) is 69.4 Å². The van der Waals surface area contributed by atoms with E-state index in [-0.39, 0.29) is 11.9 Å². The number of methoxy groups -OCH3 is 1. The third-order valence-electron chi connectivity index (χ3n) is 7.59. The van der Waals surface area contributed by atoms with E-state index in [0.29, 0.717) is 42.1 Å². The van der Waals surface area contributed by atoms with Gasteiger partial charge in [-0.25, -0.2) is 4.99 Å². The van der Waals surface area contributed by atoms with Crippen LogP contribution in [0.1, 0.15) is 56.7 Å². The van der Waals surface area contributed by atoms with E-state index in [4.69, 9.17) is 26.1 Å². The Kier molecular flexibility index (Phi) is 9.70. The number of rotatable bonds is 10. The molecule has 1 saturated heterocycles. The molecule has 0 radical (unpaired) electrons. The van der Waals surface area contributed by atoms with Crippen LogP contribution in [-0.2, 0) is 4.79 Å². The van der Waals surface area contributed by atoms with Crippen LogP contribution < -0.4 is 14.8 Å². The average molecular weight is 553 g/mol. The highest BCUT2D eigenvalue weighted by Crippen LogP contribution is 2.31. The Morgan fingerprint density at radius 3 is 2.54 bits per heavy atom. The molecule has 2 aliphatic rings. The minimum Gasteiger partial charge on any atom is -0.496 e. The lowest BCUT2D eigenvalue weighted by Gasteiger charge is -2.40. The lowest BCUT2D eigenvalue weighted by atomic mass is 10.0. The summed E-state index contributed by atoms with van der Waals surface area (Å²) in [6.07, 6.45) is 0.350. The minimum atomic E-state index is -0.222. The molecule has 0 saturated carbocycles. The number of piperazine rings is 1. The summed E-state index contributed by atoms with van der Waals surface area (Å²) in [7, 11) is 1.64. The standard InChI is InChI=1S/C31H41ClN4O3/c1-7-24(37)18-35-13-15-36(16-14-35)31-25(19-39-28-17-23(20(2)3)12-11-21(28)4)22(5)33-30(34-31)29-26(32)9-8-10-27(29)38-6/h8-12,17,20,31H,7,13-16,18-19H2,1-6H3,(H,33,34). The molecule has 1 unspecified atom stereocenters. The smallest absolute Gasteiger partial charge is 0.146 e. The van der Waals surface area contributed by atoms with Crippen molar-refractivity contribution in [1.82, 2.24) is 15.1 Å². The van der Waals surface area contributed by atoms with Gasteiger partial charge in [0.25, 0.3) is 0 Å². The van der Waals surface area contributed by atoms with E-state index in [9.17, 15) is 4.79 Å². The lowest BCUT2D eigenvalue weighted by Crippen LogP contribution is -2.53. The van der Waals surface area contributed by atoms with Gasteiger partial charge >= 0.3 is 0 Å². The highest BCUT2D eigenvalue weighted by Gasteiger charge is 2.32. The first kappa shape index (κ1) is 29.1. The predicted octanol–water partition coefficient (Wildman–Crippen LogP) is 5.41. The largest absolute Gasteiger partial charge is 0.496 e. The van der Waals surface area contributed by atoms with Gasteiger partial charge in [0.2, 0.25) is 0 Å². The van der Waals surface area contributed by atoms with Crippen LogP contribution in [0.5, 0.6) is 11.5 Å². The zero-order chi connectivity index (χ0) is 28.1. The number of nitrogens with zero attached hydrogens (tertiary/aromatic N) is 3. The number of aryl methyl sites for hydroxylation is 1. The number of hydrogen-bond donors (Lipinski definition) is 1. The average Bonchev–Trinajstić information content (AvgIpc) is 2.92. The number of Topliss-reactive ketones (excluding diaryl/α,β-unsaturated/α-hetero) is 1. The monoisotopic (exact) mass is 552 g/mol. The molecule has 0 bridgehead atoms. The van der Waals surface area contributed by atoms with Crippen LogP contribution in [-0.4, -0.2) is 74.0 Å². The summed E-state index contributed by atoms with van der Waals surface area (Å²) in [6.45, 7) is 14.6. The van der Waals surface area contributed by atoms with E-state index in [1.54, 1.807) is 7.11 Å². The topological polar surface area (TPSA) is 66.4 Å². The fourth-order valence-corrected chi connectivity index (χ4v) is 5.27. The predicted molar refractivity (Wildman–Crippen MR) is 158 cm³/mol. The first-order chi connectivity index (χ1) is 18.7. The molecule has 0 spiro atoms. The van der Waals surface area contributed by atoms with Crippen molar-refractivity contribution in [2.75, 3.05) is 46.4 Å². The van der Waals surface area contributed by atoms with Crippen molar-refractivity contribution in [1.29, 1.82) is 0 Å². The third kappa shape index (κ3) is 6.83. The third-order valence-corrected chi connectivity index (χ3v) is 7.91. The fourth-order valence-electron chi connectivity index (χ4n) is 5.01. The van der Waals surface area contributed by atoms with E-state index in [2.05, 4.69) is 61.0 Å². The summed E-state index contributed by atoms with van der Waals surface area (Å²) in [6, 6.07) is 12.1. The minimum absolute atomic E-state index is 0.222. The van der Waals surface area contributed by atoms with Gasteiger partial charge in [0.05, 0.1) is 24.2 Å². The maximum atomic E-state index is 12.0. The number of hydrogen-bond acceptors (Lipinski definition) is 7. The second-order valence-corrected chi connectivity index (χ2v) is 11.0. The van der Waals surface area contributed by atoms with E-state index >= 15 is 0 Å². The second kappa shape index (κ2) is 13.0. The van der Waals surface area contributed by atoms with Gasteiger partial charge < -0.3 is 14.8 Å². The molecule has 7 nitrogen and oxygen atoms in total. The summed E-state index contributed by atoms with van der Waals surface area (Å²) in [5.74, 6) is 2.95. The maximum Gasteiger partial charge on any atom is 0.146 e. The molecule has 2 aromatic rings. The Morgan fingerprint density at radius 1 is 1.13 bits per heavy atom. The molecule has 2 heterocycles. The number of amidine groups is 1. The summed E-state index contributed by atoms with van der Waals surface area (Å²) in [5, 5.41) is 4.07. The van der Waals surface area contributed by atoms with E-state index < -0.39 is 0 Å². The quantitative estimate of drug-likeness (QED) is 0.425. The number of allylic oxidation sites excluding steroid dienone is 1. The molecule has 39 heavy (non-hydrogen) atoms. The summed E-state index contributed by atoms with van der Waals surface area (Å²) in [4.78, 5) is 21.8. The Labute approximate surface area is 237 Å². The first-order valence-corrected chi connectivity index (χ1v) is 14.2. The van der Waals surface area contributed by atoms with Gasteiger partial charge in [-0.1, -0.05) is 50.6 Å². The van der Waals surface area contributed by atoms with Gasteiger partial charge in [-0.3, -0.25) is 14.6 Å². The number of ether oxygens (including phenoxy) is 2. The lowest BCUT2D eigenvalue weighted by molar-refractivity contribution is -0.120. The summed E-state index contributed by atoms with van der Waals surface area (Å²) < 4.78 is 12.1.